The molecule has 1 aromatic heterocycles. The molecule has 3 rings (SSSR count). The predicted molar refractivity (Wildman–Crippen MR) is 80.0 cm³/mol. The first-order valence-electron chi connectivity index (χ1n) is 6.87. The van der Waals surface area contributed by atoms with Crippen LogP contribution in [0.25, 0.3) is 0 Å². The second-order valence-electron chi connectivity index (χ2n) is 5.09. The van der Waals surface area contributed by atoms with Crippen LogP contribution in [0.1, 0.15) is 18.5 Å². The lowest BCUT2D eigenvalue weighted by molar-refractivity contribution is -0.116. The molecule has 110 valence electrons. The second kappa shape index (κ2) is 6.24. The van der Waals surface area contributed by atoms with Crippen LogP contribution >= 0.6 is 11.6 Å². The number of carbonyl (C=O) groups is 1. The molecule has 1 saturated carbocycles. The summed E-state index contributed by atoms with van der Waals surface area (Å²) in [5.41, 5.74) is 1.44. The predicted octanol–water partition coefficient (Wildman–Crippen LogP) is 1.82. The summed E-state index contributed by atoms with van der Waals surface area (Å²) in [6, 6.07) is 7.74. The SMILES string of the molecule is O=C(Cn1cc(CNC2CC2)nn1)Nc1ccccc1Cl. The topological polar surface area (TPSA) is 71.8 Å². The van der Waals surface area contributed by atoms with Gasteiger partial charge in [0.25, 0.3) is 0 Å². The summed E-state index contributed by atoms with van der Waals surface area (Å²) in [4.78, 5) is 11.9. The highest BCUT2D eigenvalue weighted by molar-refractivity contribution is 6.33. The van der Waals surface area contributed by atoms with Crippen LogP contribution in [0.2, 0.25) is 5.02 Å². The highest BCUT2D eigenvalue weighted by Gasteiger charge is 2.20. The van der Waals surface area contributed by atoms with E-state index in [9.17, 15) is 4.79 Å². The monoisotopic (exact) mass is 305 g/mol. The Morgan fingerprint density at radius 1 is 1.38 bits per heavy atom. The van der Waals surface area contributed by atoms with Gasteiger partial charge >= 0.3 is 0 Å². The lowest BCUT2D eigenvalue weighted by Gasteiger charge is -2.06. The lowest BCUT2D eigenvalue weighted by atomic mass is 10.3. The van der Waals surface area contributed by atoms with Crippen molar-refractivity contribution in [1.82, 2.24) is 20.3 Å². The zero-order chi connectivity index (χ0) is 14.7. The van der Waals surface area contributed by atoms with Crippen LogP contribution in [0.3, 0.4) is 0 Å². The number of halogens is 1. The summed E-state index contributed by atoms with van der Waals surface area (Å²) in [7, 11) is 0. The molecule has 0 radical (unpaired) electrons. The molecule has 1 amide bonds. The van der Waals surface area contributed by atoms with E-state index in [1.54, 1.807) is 18.3 Å². The fourth-order valence-electron chi connectivity index (χ4n) is 1.93. The molecule has 0 unspecified atom stereocenters. The number of carbonyl (C=O) groups excluding carboxylic acids is 1. The Hall–Kier alpha value is -1.92. The van der Waals surface area contributed by atoms with Gasteiger partial charge in [0, 0.05) is 12.6 Å². The molecule has 0 bridgehead atoms. The van der Waals surface area contributed by atoms with Gasteiger partial charge in [-0.05, 0) is 25.0 Å². The van der Waals surface area contributed by atoms with E-state index in [1.165, 1.54) is 17.5 Å². The number of nitrogens with one attached hydrogen (secondary N) is 2. The molecule has 1 aliphatic carbocycles. The standard InChI is InChI=1S/C14H16ClN5O/c15-12-3-1-2-4-13(12)17-14(21)9-20-8-11(18-19-20)7-16-10-5-6-10/h1-4,8,10,16H,5-7,9H2,(H,17,21). The highest BCUT2D eigenvalue weighted by atomic mass is 35.5. The molecular weight excluding hydrogens is 290 g/mol. The zero-order valence-corrected chi connectivity index (χ0v) is 12.2. The molecule has 0 aliphatic heterocycles. The van der Waals surface area contributed by atoms with Gasteiger partial charge in [-0.15, -0.1) is 5.10 Å². The Kier molecular flexibility index (Phi) is 4.17. The lowest BCUT2D eigenvalue weighted by Crippen LogP contribution is -2.19. The Labute approximate surface area is 127 Å². The van der Waals surface area contributed by atoms with Gasteiger partial charge in [0.05, 0.1) is 22.6 Å². The number of amides is 1. The van der Waals surface area contributed by atoms with Crippen LogP contribution in [-0.4, -0.2) is 26.9 Å². The van der Waals surface area contributed by atoms with Crippen molar-refractivity contribution in [3.8, 4) is 0 Å². The highest BCUT2D eigenvalue weighted by Crippen LogP contribution is 2.20. The second-order valence-corrected chi connectivity index (χ2v) is 5.50. The Morgan fingerprint density at radius 3 is 2.95 bits per heavy atom. The van der Waals surface area contributed by atoms with E-state index >= 15 is 0 Å². The van der Waals surface area contributed by atoms with Crippen LogP contribution in [0.5, 0.6) is 0 Å². The van der Waals surface area contributed by atoms with Crippen molar-refractivity contribution in [3.05, 3.63) is 41.2 Å². The van der Waals surface area contributed by atoms with E-state index in [4.69, 9.17) is 11.6 Å². The third kappa shape index (κ3) is 4.03. The van der Waals surface area contributed by atoms with Crippen LogP contribution < -0.4 is 10.6 Å². The molecule has 0 atom stereocenters. The third-order valence-corrected chi connectivity index (χ3v) is 3.52. The van der Waals surface area contributed by atoms with Gasteiger partial charge < -0.3 is 10.6 Å². The van der Waals surface area contributed by atoms with Crippen LogP contribution in [0.4, 0.5) is 5.69 Å². The molecule has 2 N–H and O–H groups in total. The largest absolute Gasteiger partial charge is 0.323 e. The van der Waals surface area contributed by atoms with Crippen molar-refractivity contribution < 1.29 is 4.79 Å². The van der Waals surface area contributed by atoms with E-state index < -0.39 is 0 Å². The summed E-state index contributed by atoms with van der Waals surface area (Å²) in [5, 5.41) is 14.6. The van der Waals surface area contributed by atoms with Gasteiger partial charge in [-0.25, -0.2) is 4.68 Å². The van der Waals surface area contributed by atoms with Crippen LogP contribution in [0, 0.1) is 0 Å². The minimum absolute atomic E-state index is 0.113. The maximum absolute atomic E-state index is 11.9. The molecule has 1 heterocycles. The first-order chi connectivity index (χ1) is 10.2. The molecule has 1 aliphatic rings. The summed E-state index contributed by atoms with van der Waals surface area (Å²) < 4.78 is 1.52. The van der Waals surface area contributed by atoms with Crippen molar-refractivity contribution in [3.63, 3.8) is 0 Å². The number of benzene rings is 1. The summed E-state index contributed by atoms with van der Waals surface area (Å²) >= 11 is 5.99. The number of anilines is 1. The summed E-state index contributed by atoms with van der Waals surface area (Å²) in [6.07, 6.45) is 4.24. The molecule has 7 heteroatoms. The smallest absolute Gasteiger partial charge is 0.246 e. The fourth-order valence-corrected chi connectivity index (χ4v) is 2.12. The van der Waals surface area contributed by atoms with Gasteiger partial charge in [-0.2, -0.15) is 0 Å². The third-order valence-electron chi connectivity index (χ3n) is 3.19. The van der Waals surface area contributed by atoms with Crippen LogP contribution in [0.15, 0.2) is 30.5 Å². The summed E-state index contributed by atoms with van der Waals surface area (Å²) in [5.74, 6) is -0.185. The average Bonchev–Trinajstić information content (AvgIpc) is 3.19. The zero-order valence-electron chi connectivity index (χ0n) is 11.4. The maximum atomic E-state index is 11.9. The van der Waals surface area contributed by atoms with Gasteiger partial charge in [-0.3, -0.25) is 4.79 Å². The minimum atomic E-state index is -0.185. The Bertz CT molecular complexity index is 638. The van der Waals surface area contributed by atoms with Crippen molar-refractivity contribution in [2.75, 3.05) is 5.32 Å². The maximum Gasteiger partial charge on any atom is 0.246 e. The van der Waals surface area contributed by atoms with E-state index in [-0.39, 0.29) is 12.5 Å². The number of nitrogens with zero attached hydrogens (tertiary/aromatic N) is 3. The number of hydrogen-bond donors (Lipinski definition) is 2. The van der Waals surface area contributed by atoms with Gasteiger partial charge in [0.1, 0.15) is 6.54 Å². The summed E-state index contributed by atoms with van der Waals surface area (Å²) in [6.45, 7) is 0.804. The first-order valence-corrected chi connectivity index (χ1v) is 7.25. The first kappa shape index (κ1) is 14.0. The van der Waals surface area contributed by atoms with E-state index in [0.717, 1.165) is 5.69 Å². The van der Waals surface area contributed by atoms with E-state index in [1.807, 2.05) is 12.1 Å². The molecule has 21 heavy (non-hydrogen) atoms. The number of aromatic nitrogens is 3. The average molecular weight is 306 g/mol. The molecule has 2 aromatic rings. The van der Waals surface area contributed by atoms with Crippen molar-refractivity contribution in [2.45, 2.75) is 32.0 Å². The van der Waals surface area contributed by atoms with Gasteiger partial charge in [-0.1, -0.05) is 28.9 Å². The number of hydrogen-bond acceptors (Lipinski definition) is 4. The number of rotatable bonds is 6. The van der Waals surface area contributed by atoms with Gasteiger partial charge in [0.15, 0.2) is 0 Å². The Morgan fingerprint density at radius 2 is 2.19 bits per heavy atom. The van der Waals surface area contributed by atoms with Gasteiger partial charge in [0.2, 0.25) is 5.91 Å². The van der Waals surface area contributed by atoms with Crippen molar-refractivity contribution in [1.29, 1.82) is 0 Å². The fraction of sp³-hybridized carbons (Fsp3) is 0.357. The molecule has 1 fully saturated rings. The molecule has 0 spiro atoms. The number of para-hydroxylation sites is 1. The molecule has 6 nitrogen and oxygen atoms in total. The van der Waals surface area contributed by atoms with Crippen molar-refractivity contribution in [2.24, 2.45) is 0 Å². The van der Waals surface area contributed by atoms with Crippen molar-refractivity contribution >= 4 is 23.2 Å². The Balaban J connectivity index is 1.53. The quantitative estimate of drug-likeness (QED) is 0.854. The molecule has 1 aromatic carbocycles. The molecular formula is C14H16ClN5O. The van der Waals surface area contributed by atoms with E-state index in [2.05, 4.69) is 20.9 Å². The van der Waals surface area contributed by atoms with E-state index in [0.29, 0.717) is 23.3 Å². The molecule has 0 saturated heterocycles. The normalized spacial score (nSPS) is 14.1. The minimum Gasteiger partial charge on any atom is -0.323 e. The van der Waals surface area contributed by atoms with Crippen LogP contribution in [-0.2, 0) is 17.9 Å².